The van der Waals surface area contributed by atoms with Gasteiger partial charge in [0, 0.05) is 11.1 Å². The molecule has 0 aromatic heterocycles. The average molecular weight is 400 g/mol. The van der Waals surface area contributed by atoms with E-state index in [1.54, 1.807) is 6.07 Å². The molecule has 144 valence electrons. The van der Waals surface area contributed by atoms with Crippen molar-refractivity contribution in [2.45, 2.75) is 0 Å². The van der Waals surface area contributed by atoms with E-state index in [1.807, 2.05) is 36.4 Å². The van der Waals surface area contributed by atoms with Gasteiger partial charge in [-0.3, -0.25) is 4.79 Å². The van der Waals surface area contributed by atoms with Crippen LogP contribution in [-0.4, -0.2) is 32.7 Å². The maximum absolute atomic E-state index is 12.3. The summed E-state index contributed by atoms with van der Waals surface area (Å²) in [5.41, 5.74) is 0.800. The van der Waals surface area contributed by atoms with Crippen LogP contribution in [0.3, 0.4) is 0 Å². The lowest BCUT2D eigenvalue weighted by Crippen LogP contribution is -2.21. The van der Waals surface area contributed by atoms with Crippen molar-refractivity contribution in [3.8, 4) is 11.5 Å². The van der Waals surface area contributed by atoms with E-state index in [9.17, 15) is 9.59 Å². The minimum atomic E-state index is -0.698. The Hall–Kier alpha value is -3.25. The molecule has 1 N–H and O–H groups in total. The summed E-state index contributed by atoms with van der Waals surface area (Å²) in [6.45, 7) is -0.436. The third-order valence-electron chi connectivity index (χ3n) is 4.07. The lowest BCUT2D eigenvalue weighted by atomic mass is 10.1. The second-order valence-electron chi connectivity index (χ2n) is 5.84. The molecule has 0 aliphatic rings. The molecule has 0 bridgehead atoms. The average Bonchev–Trinajstić information content (AvgIpc) is 2.71. The van der Waals surface area contributed by atoms with Crippen molar-refractivity contribution >= 4 is 39.9 Å². The molecule has 1 amide bonds. The Morgan fingerprint density at radius 1 is 1.00 bits per heavy atom. The van der Waals surface area contributed by atoms with Crippen LogP contribution < -0.4 is 14.8 Å². The topological polar surface area (TPSA) is 73.9 Å². The molecule has 0 heterocycles. The number of hydrogen-bond donors (Lipinski definition) is 1. The van der Waals surface area contributed by atoms with Crippen molar-refractivity contribution in [2.24, 2.45) is 0 Å². The summed E-state index contributed by atoms with van der Waals surface area (Å²) >= 11 is 6.09. The Balaban J connectivity index is 1.67. The van der Waals surface area contributed by atoms with Crippen LogP contribution in [0.15, 0.2) is 54.6 Å². The molecule has 0 radical (unpaired) electrons. The molecule has 0 unspecified atom stereocenters. The zero-order valence-electron chi connectivity index (χ0n) is 15.3. The number of anilines is 1. The fourth-order valence-corrected chi connectivity index (χ4v) is 3.06. The normalized spacial score (nSPS) is 10.4. The number of fused-ring (bicyclic) bond motifs is 1. The molecular formula is C21H18ClNO5. The van der Waals surface area contributed by atoms with Crippen molar-refractivity contribution in [3.63, 3.8) is 0 Å². The van der Waals surface area contributed by atoms with Crippen LogP contribution in [0.2, 0.25) is 5.02 Å². The minimum absolute atomic E-state index is 0.153. The van der Waals surface area contributed by atoms with Crippen molar-refractivity contribution in [2.75, 3.05) is 26.1 Å². The summed E-state index contributed by atoms with van der Waals surface area (Å²) in [5.74, 6) is -0.538. The number of amides is 1. The summed E-state index contributed by atoms with van der Waals surface area (Å²) in [4.78, 5) is 24.5. The molecule has 0 saturated carbocycles. The summed E-state index contributed by atoms with van der Waals surface area (Å²) in [6.07, 6.45) is 0. The van der Waals surface area contributed by atoms with Gasteiger partial charge >= 0.3 is 5.97 Å². The van der Waals surface area contributed by atoms with Crippen LogP contribution in [0.25, 0.3) is 10.8 Å². The number of methoxy groups -OCH3 is 2. The first-order valence-electron chi connectivity index (χ1n) is 8.39. The molecule has 0 saturated heterocycles. The minimum Gasteiger partial charge on any atom is -0.493 e. The van der Waals surface area contributed by atoms with E-state index in [-0.39, 0.29) is 10.6 Å². The Labute approximate surface area is 167 Å². The molecule has 3 aromatic carbocycles. The van der Waals surface area contributed by atoms with Gasteiger partial charge in [-0.25, -0.2) is 4.79 Å². The summed E-state index contributed by atoms with van der Waals surface area (Å²) in [7, 11) is 2.88. The number of hydrogen-bond acceptors (Lipinski definition) is 5. The molecule has 6 nitrogen and oxygen atoms in total. The summed E-state index contributed by atoms with van der Waals surface area (Å²) in [6, 6.07) is 16.1. The number of nitrogens with one attached hydrogen (secondary N) is 1. The number of halogens is 1. The van der Waals surface area contributed by atoms with Gasteiger partial charge in [-0.15, -0.1) is 0 Å². The molecule has 3 rings (SSSR count). The smallest absolute Gasteiger partial charge is 0.338 e. The first-order chi connectivity index (χ1) is 13.5. The maximum Gasteiger partial charge on any atom is 0.338 e. The van der Waals surface area contributed by atoms with Gasteiger partial charge in [0.05, 0.1) is 24.8 Å². The lowest BCUT2D eigenvalue weighted by Gasteiger charge is -2.12. The van der Waals surface area contributed by atoms with Gasteiger partial charge in [-0.2, -0.15) is 0 Å². The number of carbonyl (C=O) groups excluding carboxylic acids is 2. The van der Waals surface area contributed by atoms with E-state index in [2.05, 4.69) is 5.32 Å². The van der Waals surface area contributed by atoms with E-state index in [4.69, 9.17) is 25.8 Å². The molecule has 0 aliphatic heterocycles. The highest BCUT2D eigenvalue weighted by atomic mass is 35.5. The number of carbonyl (C=O) groups is 2. The molecule has 7 heteroatoms. The quantitative estimate of drug-likeness (QED) is 0.625. The van der Waals surface area contributed by atoms with Gasteiger partial charge in [0.2, 0.25) is 0 Å². The third-order valence-corrected chi connectivity index (χ3v) is 4.35. The molecule has 0 atom stereocenters. The summed E-state index contributed by atoms with van der Waals surface area (Å²) in [5, 5.41) is 4.86. The Kier molecular flexibility index (Phi) is 6.01. The zero-order valence-corrected chi connectivity index (χ0v) is 16.1. The zero-order chi connectivity index (χ0) is 20.1. The van der Waals surface area contributed by atoms with Gasteiger partial charge in [-0.1, -0.05) is 48.0 Å². The number of rotatable bonds is 6. The maximum atomic E-state index is 12.3. The van der Waals surface area contributed by atoms with Gasteiger partial charge < -0.3 is 19.5 Å². The first kappa shape index (κ1) is 19.5. The highest BCUT2D eigenvalue weighted by Gasteiger charge is 2.17. The van der Waals surface area contributed by atoms with Crippen LogP contribution >= 0.6 is 11.6 Å². The van der Waals surface area contributed by atoms with E-state index < -0.39 is 18.5 Å². The van der Waals surface area contributed by atoms with E-state index in [0.717, 1.165) is 10.8 Å². The second kappa shape index (κ2) is 8.63. The SMILES string of the molecule is COc1cc(C(=O)OCC(=O)Nc2cccc3ccccc23)cc(Cl)c1OC. The van der Waals surface area contributed by atoms with Crippen molar-refractivity contribution in [1.29, 1.82) is 0 Å². The summed E-state index contributed by atoms with van der Waals surface area (Å²) < 4.78 is 15.4. The second-order valence-corrected chi connectivity index (χ2v) is 6.25. The molecule has 3 aromatic rings. The predicted octanol–water partition coefficient (Wildman–Crippen LogP) is 4.31. The highest BCUT2D eigenvalue weighted by Crippen LogP contribution is 2.36. The van der Waals surface area contributed by atoms with Crippen LogP contribution in [0.5, 0.6) is 11.5 Å². The van der Waals surface area contributed by atoms with Gasteiger partial charge in [0.1, 0.15) is 0 Å². The van der Waals surface area contributed by atoms with Gasteiger partial charge in [0.25, 0.3) is 5.91 Å². The van der Waals surface area contributed by atoms with Gasteiger partial charge in [-0.05, 0) is 23.6 Å². The largest absolute Gasteiger partial charge is 0.493 e. The number of esters is 1. The molecule has 28 heavy (non-hydrogen) atoms. The molecular weight excluding hydrogens is 382 g/mol. The van der Waals surface area contributed by atoms with Crippen molar-refractivity contribution in [3.05, 3.63) is 65.2 Å². The molecule has 0 fully saturated rings. The third kappa shape index (κ3) is 4.18. The first-order valence-corrected chi connectivity index (χ1v) is 8.77. The highest BCUT2D eigenvalue weighted by molar-refractivity contribution is 6.32. The Morgan fingerprint density at radius 2 is 1.75 bits per heavy atom. The van der Waals surface area contributed by atoms with Crippen LogP contribution in [-0.2, 0) is 9.53 Å². The molecule has 0 aliphatic carbocycles. The fraction of sp³-hybridized carbons (Fsp3) is 0.143. The monoisotopic (exact) mass is 399 g/mol. The van der Waals surface area contributed by atoms with E-state index >= 15 is 0 Å². The standard InChI is InChI=1S/C21H18ClNO5/c1-26-18-11-14(10-16(22)20(18)27-2)21(25)28-12-19(24)23-17-9-5-7-13-6-3-4-8-15(13)17/h3-11H,12H2,1-2H3,(H,23,24). The molecule has 0 spiro atoms. The van der Waals surface area contributed by atoms with Crippen LogP contribution in [0.4, 0.5) is 5.69 Å². The van der Waals surface area contributed by atoms with E-state index in [0.29, 0.717) is 17.2 Å². The van der Waals surface area contributed by atoms with Crippen LogP contribution in [0, 0.1) is 0 Å². The lowest BCUT2D eigenvalue weighted by molar-refractivity contribution is -0.119. The van der Waals surface area contributed by atoms with Crippen molar-refractivity contribution < 1.29 is 23.8 Å². The van der Waals surface area contributed by atoms with Crippen molar-refractivity contribution in [1.82, 2.24) is 0 Å². The Morgan fingerprint density at radius 3 is 2.50 bits per heavy atom. The van der Waals surface area contributed by atoms with Crippen LogP contribution in [0.1, 0.15) is 10.4 Å². The van der Waals surface area contributed by atoms with Gasteiger partial charge in [0.15, 0.2) is 18.1 Å². The Bertz CT molecular complexity index is 1030. The fourth-order valence-electron chi connectivity index (χ4n) is 2.77. The number of benzene rings is 3. The predicted molar refractivity (Wildman–Crippen MR) is 107 cm³/mol. The van der Waals surface area contributed by atoms with E-state index in [1.165, 1.54) is 26.4 Å². The number of ether oxygens (including phenoxy) is 3.